The Morgan fingerprint density at radius 2 is 1.87 bits per heavy atom. The van der Waals surface area contributed by atoms with Gasteiger partial charge in [0.2, 0.25) is 15.9 Å². The van der Waals surface area contributed by atoms with E-state index in [1.807, 2.05) is 4.90 Å². The van der Waals surface area contributed by atoms with Crippen LogP contribution in [-0.2, 0) is 26.0 Å². The summed E-state index contributed by atoms with van der Waals surface area (Å²) in [5, 5.41) is 0.331. The van der Waals surface area contributed by atoms with Gasteiger partial charge < -0.3 is 20.3 Å². The molecule has 3 aliphatic rings. The number of halogens is 4. The van der Waals surface area contributed by atoms with Crippen LogP contribution in [0.5, 0.6) is 5.75 Å². The summed E-state index contributed by atoms with van der Waals surface area (Å²) in [6.07, 6.45) is -3.89. The van der Waals surface area contributed by atoms with Crippen molar-refractivity contribution in [3.8, 4) is 5.75 Å². The quantitative estimate of drug-likeness (QED) is 0.383. The summed E-state index contributed by atoms with van der Waals surface area (Å²) in [4.78, 5) is 32.3. The van der Waals surface area contributed by atoms with Crippen molar-refractivity contribution in [3.63, 3.8) is 0 Å². The summed E-state index contributed by atoms with van der Waals surface area (Å²) in [5.41, 5.74) is 7.22. The fraction of sp³-hybridized carbons (Fsp3) is 0.516. The van der Waals surface area contributed by atoms with Crippen molar-refractivity contribution in [3.05, 3.63) is 64.0 Å². The fourth-order valence-electron chi connectivity index (χ4n) is 6.58. The highest BCUT2D eigenvalue weighted by molar-refractivity contribution is 7.89. The first kappa shape index (κ1) is 34.9. The third-order valence-corrected chi connectivity index (χ3v) is 10.7. The second-order valence-corrected chi connectivity index (χ2v) is 14.2. The highest BCUT2D eigenvalue weighted by Crippen LogP contribution is 2.44. The van der Waals surface area contributed by atoms with Crippen molar-refractivity contribution in [1.82, 2.24) is 19.4 Å². The maximum atomic E-state index is 13.2. The van der Waals surface area contributed by atoms with Crippen molar-refractivity contribution in [2.24, 2.45) is 5.73 Å². The number of amides is 2. The minimum Gasteiger partial charge on any atom is -0.484 e. The van der Waals surface area contributed by atoms with Crippen molar-refractivity contribution in [2.75, 3.05) is 39.3 Å². The predicted molar refractivity (Wildman–Crippen MR) is 167 cm³/mol. The zero-order chi connectivity index (χ0) is 34.1. The van der Waals surface area contributed by atoms with Gasteiger partial charge in [0.25, 0.3) is 0 Å². The largest absolute Gasteiger partial charge is 0.484 e. The van der Waals surface area contributed by atoms with Gasteiger partial charge in [-0.05, 0) is 80.3 Å². The number of sulfonamides is 1. The number of nitrogens with zero attached hydrogens (tertiary/aromatic N) is 4. The van der Waals surface area contributed by atoms with Crippen LogP contribution in [0.4, 0.5) is 18.9 Å². The van der Waals surface area contributed by atoms with Crippen LogP contribution in [0.25, 0.3) is 4.85 Å². The first-order valence-corrected chi connectivity index (χ1v) is 17.2. The molecule has 0 radical (unpaired) electrons. The smallest absolute Gasteiger partial charge is 0.471 e. The average molecular weight is 697 g/mol. The van der Waals surface area contributed by atoms with Crippen molar-refractivity contribution in [2.45, 2.75) is 67.9 Å². The van der Waals surface area contributed by atoms with Gasteiger partial charge in [-0.1, -0.05) is 11.6 Å². The maximum absolute atomic E-state index is 13.2. The lowest BCUT2D eigenvalue weighted by atomic mass is 10.1. The normalized spacial score (nSPS) is 23.4. The number of piperazine rings is 1. The molecule has 47 heavy (non-hydrogen) atoms. The molecule has 0 unspecified atom stereocenters. The average Bonchev–Trinajstić information content (AvgIpc) is 3.63. The van der Waals surface area contributed by atoms with Crippen LogP contribution in [0.1, 0.15) is 43.4 Å². The molecule has 2 saturated heterocycles. The summed E-state index contributed by atoms with van der Waals surface area (Å²) in [5.74, 6) is -1.59. The van der Waals surface area contributed by atoms with E-state index in [1.54, 1.807) is 24.0 Å². The molecule has 4 atom stereocenters. The molecule has 11 nitrogen and oxygen atoms in total. The molecule has 0 aromatic heterocycles. The van der Waals surface area contributed by atoms with E-state index in [1.165, 1.54) is 24.3 Å². The Morgan fingerprint density at radius 3 is 2.51 bits per heavy atom. The van der Waals surface area contributed by atoms with Gasteiger partial charge in [-0.25, -0.2) is 18.0 Å². The van der Waals surface area contributed by atoms with Crippen LogP contribution in [0.2, 0.25) is 5.02 Å². The Bertz CT molecular complexity index is 1650. The Labute approximate surface area is 276 Å². The first-order valence-electron chi connectivity index (χ1n) is 15.3. The number of nitrogens with two attached hydrogens (primary N) is 1. The molecule has 2 fully saturated rings. The van der Waals surface area contributed by atoms with Gasteiger partial charge >= 0.3 is 12.1 Å². The van der Waals surface area contributed by atoms with Gasteiger partial charge in [0, 0.05) is 56.3 Å². The fourth-order valence-corrected chi connectivity index (χ4v) is 8.06. The molecule has 16 heteroatoms. The predicted octanol–water partition coefficient (Wildman–Crippen LogP) is 3.65. The van der Waals surface area contributed by atoms with Gasteiger partial charge in [0.15, 0.2) is 5.69 Å². The second-order valence-electron chi connectivity index (χ2n) is 12.1. The lowest BCUT2D eigenvalue weighted by Gasteiger charge is -2.43. The molecule has 5 rings (SSSR count). The van der Waals surface area contributed by atoms with E-state index in [-0.39, 0.29) is 37.0 Å². The number of carbonyl (C=O) groups is 2. The second kappa shape index (κ2) is 14.0. The summed E-state index contributed by atoms with van der Waals surface area (Å²) >= 11 is 6.35. The van der Waals surface area contributed by atoms with Gasteiger partial charge in [0.1, 0.15) is 11.9 Å². The summed E-state index contributed by atoms with van der Waals surface area (Å²) < 4.78 is 75.0. The molecule has 3 N–H and O–H groups in total. The molecule has 2 heterocycles. The number of nitrogens with one attached hydrogen (secondary N) is 1. The van der Waals surface area contributed by atoms with E-state index in [0.29, 0.717) is 60.8 Å². The highest BCUT2D eigenvalue weighted by atomic mass is 35.5. The number of hydrogen-bond donors (Lipinski definition) is 2. The number of carbonyl (C=O) groups excluding carboxylic acids is 2. The van der Waals surface area contributed by atoms with Crippen LogP contribution in [0.3, 0.4) is 0 Å². The molecule has 254 valence electrons. The standard InChI is InChI=1S/C31H36ClF3N6O5S/c1-19-17-39(12-13-41(19)30(43)31(33,34)35)27-16-24-25(14-20(32)15-26(24)37-2)29(27)46-22-5-7-23(8-6-22)47(44,45)38-21-9-11-40(18-21)28(42)4-3-10-36/h5-8,14-15,19,21,27,29,38H,3-4,9-13,16-18,36H2,1H3/t19-,21+,27+,29+/m1/s1. The van der Waals surface area contributed by atoms with Gasteiger partial charge in [-0.2, -0.15) is 13.2 Å². The third kappa shape index (κ3) is 7.68. The van der Waals surface area contributed by atoms with Gasteiger partial charge in [-0.15, -0.1) is 0 Å². The van der Waals surface area contributed by atoms with Crippen molar-refractivity contribution in [1.29, 1.82) is 0 Å². The monoisotopic (exact) mass is 696 g/mol. The number of hydrogen-bond acceptors (Lipinski definition) is 7. The topological polar surface area (TPSA) is 130 Å². The van der Waals surface area contributed by atoms with E-state index in [2.05, 4.69) is 9.57 Å². The van der Waals surface area contributed by atoms with E-state index < -0.39 is 46.3 Å². The van der Waals surface area contributed by atoms with Crippen LogP contribution in [0.15, 0.2) is 41.3 Å². The number of fused-ring (bicyclic) bond motifs is 1. The SMILES string of the molecule is [C-]#[N+]c1cc(Cl)cc2c1C[C@H](N1CCN(C(=O)C(F)(F)F)[C@H](C)C1)[C@H]2Oc1ccc(S(=O)(=O)N[C@H]2CCN(C(=O)CCCN)C2)cc1. The molecular formula is C31H36ClF3N6O5S. The molecule has 0 bridgehead atoms. The molecule has 1 aliphatic carbocycles. The van der Waals surface area contributed by atoms with Crippen LogP contribution in [0, 0.1) is 6.57 Å². The lowest BCUT2D eigenvalue weighted by molar-refractivity contribution is -0.190. The summed E-state index contributed by atoms with van der Waals surface area (Å²) in [6.45, 7) is 10.5. The van der Waals surface area contributed by atoms with E-state index in [9.17, 15) is 31.2 Å². The number of ether oxygens (including phenoxy) is 1. The minimum absolute atomic E-state index is 0.0127. The van der Waals surface area contributed by atoms with Crippen molar-refractivity contribution >= 4 is 39.1 Å². The van der Waals surface area contributed by atoms with E-state index in [4.69, 9.17) is 28.6 Å². The molecule has 2 aliphatic heterocycles. The molecule has 2 aromatic carbocycles. The van der Waals surface area contributed by atoms with Crippen LogP contribution < -0.4 is 15.2 Å². The number of likely N-dealkylation sites (tertiary alicyclic amines) is 1. The zero-order valence-corrected chi connectivity index (χ0v) is 27.2. The molecular weight excluding hydrogens is 661 g/mol. The molecule has 0 spiro atoms. The Morgan fingerprint density at radius 1 is 1.15 bits per heavy atom. The highest BCUT2D eigenvalue weighted by Gasteiger charge is 2.47. The maximum Gasteiger partial charge on any atom is 0.471 e. The van der Waals surface area contributed by atoms with E-state index in [0.717, 1.165) is 10.5 Å². The number of rotatable bonds is 9. The van der Waals surface area contributed by atoms with Crippen molar-refractivity contribution < 1.29 is 35.9 Å². The third-order valence-electron chi connectivity index (χ3n) is 8.90. The summed E-state index contributed by atoms with van der Waals surface area (Å²) in [7, 11) is -3.91. The number of alkyl halides is 3. The lowest BCUT2D eigenvalue weighted by Crippen LogP contribution is -2.59. The number of benzene rings is 2. The van der Waals surface area contributed by atoms with Gasteiger partial charge in [-0.3, -0.25) is 14.5 Å². The minimum atomic E-state index is -4.97. The zero-order valence-electron chi connectivity index (χ0n) is 25.7. The Hall–Kier alpha value is -3.42. The molecule has 2 aromatic rings. The van der Waals surface area contributed by atoms with E-state index >= 15 is 0 Å². The Balaban J connectivity index is 1.31. The Kier molecular flexibility index (Phi) is 10.4. The molecule has 0 saturated carbocycles. The first-order chi connectivity index (χ1) is 22.2. The molecule has 2 amide bonds. The summed E-state index contributed by atoms with van der Waals surface area (Å²) in [6, 6.07) is 7.58. The van der Waals surface area contributed by atoms with Crippen LogP contribution in [-0.4, -0.2) is 98.5 Å². The van der Waals surface area contributed by atoms with Crippen LogP contribution >= 0.6 is 11.6 Å². The van der Waals surface area contributed by atoms with Gasteiger partial charge in [0.05, 0.1) is 17.5 Å².